The van der Waals surface area contributed by atoms with Crippen LogP contribution in [-0.2, 0) is 0 Å². The SMILES string of the molecule is COc1cccc(C2=C[C@@H](c3ccc(OC)c(OC)c3)n3ncnc3N2)c1. The highest BCUT2D eigenvalue weighted by atomic mass is 16.5. The Bertz CT molecular complexity index is 996. The van der Waals surface area contributed by atoms with Crippen molar-refractivity contribution in [2.24, 2.45) is 0 Å². The number of nitrogens with one attached hydrogen (secondary N) is 1. The van der Waals surface area contributed by atoms with Crippen LogP contribution in [0.1, 0.15) is 17.2 Å². The van der Waals surface area contributed by atoms with E-state index in [0.29, 0.717) is 17.4 Å². The Balaban J connectivity index is 1.80. The molecule has 1 aliphatic rings. The third-order valence-electron chi connectivity index (χ3n) is 4.54. The molecule has 3 aromatic rings. The summed E-state index contributed by atoms with van der Waals surface area (Å²) in [5.74, 6) is 2.83. The summed E-state index contributed by atoms with van der Waals surface area (Å²) in [5, 5.41) is 7.71. The minimum Gasteiger partial charge on any atom is -0.497 e. The number of nitrogens with zero attached hydrogens (tertiary/aromatic N) is 3. The molecule has 27 heavy (non-hydrogen) atoms. The summed E-state index contributed by atoms with van der Waals surface area (Å²) in [5.41, 5.74) is 2.96. The first-order valence-corrected chi connectivity index (χ1v) is 8.48. The summed E-state index contributed by atoms with van der Waals surface area (Å²) in [6.07, 6.45) is 3.65. The van der Waals surface area contributed by atoms with Crippen molar-refractivity contribution < 1.29 is 14.2 Å². The van der Waals surface area contributed by atoms with Gasteiger partial charge in [0.1, 0.15) is 18.1 Å². The third kappa shape index (κ3) is 3.08. The van der Waals surface area contributed by atoms with Gasteiger partial charge in [0.05, 0.1) is 21.3 Å². The molecule has 0 fully saturated rings. The molecular weight excluding hydrogens is 344 g/mol. The van der Waals surface area contributed by atoms with E-state index in [0.717, 1.165) is 22.6 Å². The first kappa shape index (κ1) is 17.0. The molecule has 2 heterocycles. The summed E-state index contributed by atoms with van der Waals surface area (Å²) in [6, 6.07) is 13.6. The molecule has 1 N–H and O–H groups in total. The lowest BCUT2D eigenvalue weighted by Crippen LogP contribution is -2.20. The van der Waals surface area contributed by atoms with E-state index in [1.807, 2.05) is 47.1 Å². The van der Waals surface area contributed by atoms with Crippen molar-refractivity contribution in [1.82, 2.24) is 14.8 Å². The molecule has 0 saturated carbocycles. The highest BCUT2D eigenvalue weighted by molar-refractivity contribution is 5.77. The molecule has 1 aromatic heterocycles. The van der Waals surface area contributed by atoms with Crippen molar-refractivity contribution in [2.45, 2.75) is 6.04 Å². The molecule has 1 aliphatic heterocycles. The Labute approximate surface area is 157 Å². The van der Waals surface area contributed by atoms with Crippen molar-refractivity contribution in [3.05, 3.63) is 66.0 Å². The highest BCUT2D eigenvalue weighted by Gasteiger charge is 2.24. The molecule has 0 spiro atoms. The maximum absolute atomic E-state index is 5.46. The molecule has 0 bridgehead atoms. The molecule has 0 aliphatic carbocycles. The quantitative estimate of drug-likeness (QED) is 0.749. The summed E-state index contributed by atoms with van der Waals surface area (Å²) in [4.78, 5) is 4.34. The smallest absolute Gasteiger partial charge is 0.226 e. The third-order valence-corrected chi connectivity index (χ3v) is 4.54. The number of fused-ring (bicyclic) bond motifs is 1. The van der Waals surface area contributed by atoms with Crippen LogP contribution in [0.5, 0.6) is 17.2 Å². The molecule has 1 atom stereocenters. The Kier molecular flexibility index (Phi) is 4.42. The largest absolute Gasteiger partial charge is 0.497 e. The van der Waals surface area contributed by atoms with Gasteiger partial charge in [0, 0.05) is 11.3 Å². The average Bonchev–Trinajstić information content (AvgIpc) is 3.21. The van der Waals surface area contributed by atoms with Crippen LogP contribution >= 0.6 is 0 Å². The second kappa shape index (κ2) is 7.03. The molecule has 0 saturated heterocycles. The van der Waals surface area contributed by atoms with Crippen LogP contribution in [-0.4, -0.2) is 36.1 Å². The van der Waals surface area contributed by atoms with Crippen molar-refractivity contribution in [2.75, 3.05) is 26.6 Å². The number of benzene rings is 2. The molecule has 138 valence electrons. The second-order valence-electron chi connectivity index (χ2n) is 6.02. The van der Waals surface area contributed by atoms with Gasteiger partial charge < -0.3 is 19.5 Å². The van der Waals surface area contributed by atoms with Crippen LogP contribution in [0, 0.1) is 0 Å². The molecule has 7 heteroatoms. The fraction of sp³-hybridized carbons (Fsp3) is 0.200. The van der Waals surface area contributed by atoms with Gasteiger partial charge >= 0.3 is 0 Å². The molecular formula is C20H20N4O3. The monoisotopic (exact) mass is 364 g/mol. The predicted octanol–water partition coefficient (Wildman–Crippen LogP) is 3.36. The number of ether oxygens (including phenoxy) is 3. The van der Waals surface area contributed by atoms with Gasteiger partial charge in [0.25, 0.3) is 0 Å². The van der Waals surface area contributed by atoms with Crippen LogP contribution < -0.4 is 19.5 Å². The Morgan fingerprint density at radius 3 is 2.59 bits per heavy atom. The number of hydrogen-bond acceptors (Lipinski definition) is 6. The number of allylic oxidation sites excluding steroid dienone is 1. The van der Waals surface area contributed by atoms with Crippen LogP contribution in [0.2, 0.25) is 0 Å². The van der Waals surface area contributed by atoms with Gasteiger partial charge in [-0.05, 0) is 35.9 Å². The average molecular weight is 364 g/mol. The topological polar surface area (TPSA) is 70.4 Å². The van der Waals surface area contributed by atoms with Gasteiger partial charge in [-0.2, -0.15) is 10.1 Å². The number of aromatic nitrogens is 3. The van der Waals surface area contributed by atoms with E-state index in [1.165, 1.54) is 0 Å². The van der Waals surface area contributed by atoms with Crippen LogP contribution in [0.25, 0.3) is 5.70 Å². The summed E-state index contributed by atoms with van der Waals surface area (Å²) in [7, 11) is 4.91. The minimum absolute atomic E-state index is 0.134. The lowest BCUT2D eigenvalue weighted by molar-refractivity contribution is 0.354. The van der Waals surface area contributed by atoms with Gasteiger partial charge in [-0.3, -0.25) is 0 Å². The Morgan fingerprint density at radius 1 is 0.963 bits per heavy atom. The first-order chi connectivity index (χ1) is 13.2. The Hall–Kier alpha value is -3.48. The van der Waals surface area contributed by atoms with E-state index < -0.39 is 0 Å². The maximum Gasteiger partial charge on any atom is 0.226 e. The van der Waals surface area contributed by atoms with E-state index in [2.05, 4.69) is 21.5 Å². The maximum atomic E-state index is 5.46. The van der Waals surface area contributed by atoms with Crippen LogP contribution in [0.15, 0.2) is 54.9 Å². The number of methoxy groups -OCH3 is 3. The van der Waals surface area contributed by atoms with Gasteiger partial charge in [-0.1, -0.05) is 18.2 Å². The normalized spacial score (nSPS) is 15.4. The fourth-order valence-corrected chi connectivity index (χ4v) is 3.17. The Morgan fingerprint density at radius 2 is 1.81 bits per heavy atom. The van der Waals surface area contributed by atoms with Crippen molar-refractivity contribution in [3.63, 3.8) is 0 Å². The molecule has 2 aromatic carbocycles. The fourth-order valence-electron chi connectivity index (χ4n) is 3.17. The minimum atomic E-state index is -0.134. The first-order valence-electron chi connectivity index (χ1n) is 8.48. The molecule has 0 unspecified atom stereocenters. The molecule has 4 rings (SSSR count). The second-order valence-corrected chi connectivity index (χ2v) is 6.02. The van der Waals surface area contributed by atoms with E-state index in [1.54, 1.807) is 27.7 Å². The van der Waals surface area contributed by atoms with Gasteiger partial charge in [-0.15, -0.1) is 0 Å². The van der Waals surface area contributed by atoms with Crippen LogP contribution in [0.4, 0.5) is 5.95 Å². The lowest BCUT2D eigenvalue weighted by Gasteiger charge is -2.25. The number of rotatable bonds is 5. The van der Waals surface area contributed by atoms with E-state index in [9.17, 15) is 0 Å². The van der Waals surface area contributed by atoms with E-state index in [4.69, 9.17) is 14.2 Å². The predicted molar refractivity (Wildman–Crippen MR) is 102 cm³/mol. The summed E-state index contributed by atoms with van der Waals surface area (Å²) in [6.45, 7) is 0. The standard InChI is InChI=1S/C20H20N4O3/c1-25-15-6-4-5-13(9-15)16-11-17(24-20(23-16)21-12-22-24)14-7-8-18(26-2)19(10-14)27-3/h4-12,17H,1-3H3,(H,21,22,23)/t17-/m0/s1. The summed E-state index contributed by atoms with van der Waals surface area (Å²) < 4.78 is 18.0. The van der Waals surface area contributed by atoms with Gasteiger partial charge in [0.2, 0.25) is 5.95 Å². The zero-order valence-corrected chi connectivity index (χ0v) is 15.3. The summed E-state index contributed by atoms with van der Waals surface area (Å²) >= 11 is 0. The molecule has 7 nitrogen and oxygen atoms in total. The lowest BCUT2D eigenvalue weighted by atomic mass is 10.0. The van der Waals surface area contributed by atoms with Crippen molar-refractivity contribution in [3.8, 4) is 17.2 Å². The van der Waals surface area contributed by atoms with E-state index in [-0.39, 0.29) is 6.04 Å². The molecule has 0 amide bonds. The van der Waals surface area contributed by atoms with Gasteiger partial charge in [-0.25, -0.2) is 4.68 Å². The number of anilines is 1. The zero-order chi connectivity index (χ0) is 18.8. The zero-order valence-electron chi connectivity index (χ0n) is 15.3. The van der Waals surface area contributed by atoms with Crippen molar-refractivity contribution >= 4 is 11.6 Å². The number of hydrogen-bond donors (Lipinski definition) is 1. The van der Waals surface area contributed by atoms with Gasteiger partial charge in [0.15, 0.2) is 11.5 Å². The van der Waals surface area contributed by atoms with Crippen molar-refractivity contribution in [1.29, 1.82) is 0 Å². The van der Waals surface area contributed by atoms with E-state index >= 15 is 0 Å². The molecule has 0 radical (unpaired) electrons. The highest BCUT2D eigenvalue weighted by Crippen LogP contribution is 2.36. The van der Waals surface area contributed by atoms with Crippen LogP contribution in [0.3, 0.4) is 0 Å².